The lowest BCUT2D eigenvalue weighted by Crippen LogP contribution is -2.09. The largest absolute Gasteiger partial charge is 0.357 e. The molecule has 19 heavy (non-hydrogen) atoms. The predicted molar refractivity (Wildman–Crippen MR) is 69.8 cm³/mol. The molecular weight excluding hydrogens is 248 g/mol. The van der Waals surface area contributed by atoms with Gasteiger partial charge in [0.1, 0.15) is 11.5 Å². The molecule has 8 nitrogen and oxygen atoms in total. The number of nitro groups is 1. The van der Waals surface area contributed by atoms with E-state index in [-0.39, 0.29) is 5.69 Å². The Balaban J connectivity index is 2.27. The third-order valence-electron chi connectivity index (χ3n) is 2.94. The number of aromatic nitrogens is 4. The zero-order valence-corrected chi connectivity index (χ0v) is 11.1. The number of nitrogens with zero attached hydrogens (tertiary/aromatic N) is 5. The van der Waals surface area contributed by atoms with Crippen LogP contribution in [-0.2, 0) is 27.1 Å². The van der Waals surface area contributed by atoms with Crippen molar-refractivity contribution in [2.75, 3.05) is 5.32 Å². The molecule has 0 spiro atoms. The van der Waals surface area contributed by atoms with Gasteiger partial charge in [-0.1, -0.05) is 6.92 Å². The van der Waals surface area contributed by atoms with Crippen LogP contribution in [0.4, 0.5) is 11.5 Å². The second-order valence-electron chi connectivity index (χ2n) is 4.19. The fourth-order valence-corrected chi connectivity index (χ4v) is 1.93. The fraction of sp³-hybridized carbons (Fsp3) is 0.455. The van der Waals surface area contributed by atoms with Gasteiger partial charge in [0.15, 0.2) is 0 Å². The summed E-state index contributed by atoms with van der Waals surface area (Å²) >= 11 is 0. The molecule has 0 aromatic carbocycles. The second kappa shape index (κ2) is 5.09. The summed E-state index contributed by atoms with van der Waals surface area (Å²) in [6.07, 6.45) is 4.03. The lowest BCUT2D eigenvalue weighted by Gasteiger charge is -2.06. The Hall–Kier alpha value is -2.38. The van der Waals surface area contributed by atoms with Gasteiger partial charge >= 0.3 is 5.69 Å². The minimum Gasteiger partial charge on any atom is -0.357 e. The van der Waals surface area contributed by atoms with Crippen LogP contribution in [0.2, 0.25) is 0 Å². The fourth-order valence-electron chi connectivity index (χ4n) is 1.93. The normalized spacial score (nSPS) is 10.7. The third kappa shape index (κ3) is 2.42. The van der Waals surface area contributed by atoms with Crippen molar-refractivity contribution in [1.29, 1.82) is 0 Å². The zero-order chi connectivity index (χ0) is 14.0. The summed E-state index contributed by atoms with van der Waals surface area (Å²) < 4.78 is 3.36. The molecule has 0 aliphatic carbocycles. The molecule has 0 amide bonds. The average Bonchev–Trinajstić information content (AvgIpc) is 2.90. The van der Waals surface area contributed by atoms with E-state index < -0.39 is 4.92 Å². The first-order chi connectivity index (χ1) is 9.04. The first-order valence-corrected chi connectivity index (χ1v) is 5.95. The minimum absolute atomic E-state index is 0.0409. The van der Waals surface area contributed by atoms with Crippen molar-refractivity contribution in [2.24, 2.45) is 14.1 Å². The maximum atomic E-state index is 11.1. The number of anilines is 1. The maximum absolute atomic E-state index is 11.1. The van der Waals surface area contributed by atoms with E-state index >= 15 is 0 Å². The van der Waals surface area contributed by atoms with Crippen molar-refractivity contribution in [3.05, 3.63) is 34.0 Å². The summed E-state index contributed by atoms with van der Waals surface area (Å²) in [5.74, 6) is 1.21. The smallest absolute Gasteiger partial charge is 0.333 e. The van der Waals surface area contributed by atoms with Gasteiger partial charge in [0.2, 0.25) is 5.82 Å². The molecule has 0 aliphatic rings. The van der Waals surface area contributed by atoms with Crippen molar-refractivity contribution >= 4 is 11.5 Å². The van der Waals surface area contributed by atoms with Crippen LogP contribution < -0.4 is 5.32 Å². The summed E-state index contributed by atoms with van der Waals surface area (Å²) in [6, 6.07) is 0. The lowest BCUT2D eigenvalue weighted by atomic mass is 10.3. The van der Waals surface area contributed by atoms with Gasteiger partial charge in [0.05, 0.1) is 11.5 Å². The zero-order valence-electron chi connectivity index (χ0n) is 11.1. The van der Waals surface area contributed by atoms with Gasteiger partial charge < -0.3 is 9.88 Å². The first-order valence-electron chi connectivity index (χ1n) is 5.95. The molecule has 0 radical (unpaired) electrons. The van der Waals surface area contributed by atoms with Crippen LogP contribution in [0, 0.1) is 10.1 Å². The van der Waals surface area contributed by atoms with Gasteiger partial charge in [-0.05, 0) is 6.42 Å². The summed E-state index contributed by atoms with van der Waals surface area (Å²) in [5.41, 5.74) is 0.522. The van der Waals surface area contributed by atoms with E-state index in [2.05, 4.69) is 15.4 Å². The molecule has 2 heterocycles. The summed E-state index contributed by atoms with van der Waals surface area (Å²) in [5, 5.41) is 18.3. The quantitative estimate of drug-likeness (QED) is 0.648. The molecule has 0 bridgehead atoms. The van der Waals surface area contributed by atoms with E-state index in [0.717, 1.165) is 5.82 Å². The van der Waals surface area contributed by atoms with Gasteiger partial charge in [0.25, 0.3) is 0 Å². The topological polar surface area (TPSA) is 90.8 Å². The standard InChI is InChI=1S/C11H16N6O2/c1-4-8-10(17(18)19)11(16(3)14-8)13-7-9-12-5-6-15(9)2/h5-6,13H,4,7H2,1-3H3. The number of rotatable bonds is 5. The van der Waals surface area contributed by atoms with Gasteiger partial charge in [-0.2, -0.15) is 5.10 Å². The summed E-state index contributed by atoms with van der Waals surface area (Å²) in [4.78, 5) is 14.9. The van der Waals surface area contributed by atoms with Crippen molar-refractivity contribution in [2.45, 2.75) is 19.9 Å². The van der Waals surface area contributed by atoms with E-state index in [0.29, 0.717) is 24.5 Å². The van der Waals surface area contributed by atoms with Crippen LogP contribution in [0.5, 0.6) is 0 Å². The lowest BCUT2D eigenvalue weighted by molar-refractivity contribution is -0.384. The first kappa shape index (κ1) is 13.1. The predicted octanol–water partition coefficient (Wildman–Crippen LogP) is 1.24. The van der Waals surface area contributed by atoms with Gasteiger partial charge in [-0.3, -0.25) is 10.1 Å². The van der Waals surface area contributed by atoms with E-state index in [1.165, 1.54) is 4.68 Å². The highest BCUT2D eigenvalue weighted by Gasteiger charge is 2.25. The number of nitrogens with one attached hydrogen (secondary N) is 1. The molecule has 0 atom stereocenters. The highest BCUT2D eigenvalue weighted by molar-refractivity contribution is 5.59. The Morgan fingerprint density at radius 1 is 1.47 bits per heavy atom. The maximum Gasteiger partial charge on any atom is 0.333 e. The van der Waals surface area contributed by atoms with Crippen LogP contribution in [0.3, 0.4) is 0 Å². The van der Waals surface area contributed by atoms with E-state index in [1.54, 1.807) is 13.2 Å². The summed E-state index contributed by atoms with van der Waals surface area (Å²) in [6.45, 7) is 2.25. The van der Waals surface area contributed by atoms with Gasteiger partial charge in [0, 0.05) is 26.5 Å². The minimum atomic E-state index is -0.396. The van der Waals surface area contributed by atoms with Crippen LogP contribution in [0.15, 0.2) is 12.4 Å². The highest BCUT2D eigenvalue weighted by atomic mass is 16.6. The molecule has 102 valence electrons. The van der Waals surface area contributed by atoms with Crippen LogP contribution in [-0.4, -0.2) is 24.3 Å². The van der Waals surface area contributed by atoms with Crippen LogP contribution in [0.1, 0.15) is 18.4 Å². The Morgan fingerprint density at radius 2 is 2.21 bits per heavy atom. The van der Waals surface area contributed by atoms with Crippen LogP contribution in [0.25, 0.3) is 0 Å². The Labute approximate surface area is 110 Å². The monoisotopic (exact) mass is 264 g/mol. The van der Waals surface area contributed by atoms with E-state index in [9.17, 15) is 10.1 Å². The van der Waals surface area contributed by atoms with Crippen molar-refractivity contribution in [1.82, 2.24) is 19.3 Å². The molecular formula is C11H16N6O2. The molecule has 0 fully saturated rings. The van der Waals surface area contributed by atoms with Gasteiger partial charge in [-0.25, -0.2) is 9.67 Å². The Kier molecular flexibility index (Phi) is 3.50. The second-order valence-corrected chi connectivity index (χ2v) is 4.19. The Bertz CT molecular complexity index is 600. The van der Waals surface area contributed by atoms with Crippen molar-refractivity contribution in [3.63, 3.8) is 0 Å². The summed E-state index contributed by atoms with van der Waals surface area (Å²) in [7, 11) is 3.56. The molecule has 1 N–H and O–H groups in total. The highest BCUT2D eigenvalue weighted by Crippen LogP contribution is 2.28. The SMILES string of the molecule is CCc1nn(C)c(NCc2nccn2C)c1[N+](=O)[O-]. The molecule has 2 rings (SSSR count). The molecule has 0 unspecified atom stereocenters. The molecule has 2 aromatic rings. The number of aryl methyl sites for hydroxylation is 3. The molecule has 2 aromatic heterocycles. The van der Waals surface area contributed by atoms with Crippen LogP contribution >= 0.6 is 0 Å². The third-order valence-corrected chi connectivity index (χ3v) is 2.94. The molecule has 8 heteroatoms. The van der Waals surface area contributed by atoms with Crippen molar-refractivity contribution < 1.29 is 4.92 Å². The molecule has 0 saturated heterocycles. The van der Waals surface area contributed by atoms with Gasteiger partial charge in [-0.15, -0.1) is 0 Å². The molecule has 0 aliphatic heterocycles. The number of hydrogen-bond acceptors (Lipinski definition) is 5. The van der Waals surface area contributed by atoms with E-state index in [4.69, 9.17) is 0 Å². The molecule has 0 saturated carbocycles. The van der Waals surface area contributed by atoms with E-state index in [1.807, 2.05) is 24.7 Å². The Morgan fingerprint density at radius 3 is 2.74 bits per heavy atom. The number of hydrogen-bond donors (Lipinski definition) is 1. The number of imidazole rings is 1. The average molecular weight is 264 g/mol. The van der Waals surface area contributed by atoms with Crippen molar-refractivity contribution in [3.8, 4) is 0 Å².